The Hall–Kier alpha value is -3.19. The van der Waals surface area contributed by atoms with Crippen molar-refractivity contribution in [3.05, 3.63) is 76.9 Å². The monoisotopic (exact) mass is 467 g/mol. The van der Waals surface area contributed by atoms with Gasteiger partial charge in [0.15, 0.2) is 11.6 Å². The van der Waals surface area contributed by atoms with Gasteiger partial charge in [-0.15, -0.1) is 0 Å². The van der Waals surface area contributed by atoms with E-state index in [9.17, 15) is 22.8 Å². The summed E-state index contributed by atoms with van der Waals surface area (Å²) in [6.45, 7) is 2.04. The van der Waals surface area contributed by atoms with Crippen molar-refractivity contribution in [2.45, 2.75) is 31.4 Å². The minimum absolute atomic E-state index is 0.0178. The Morgan fingerprint density at radius 3 is 2.71 bits per heavy atom. The van der Waals surface area contributed by atoms with Crippen LogP contribution in [-0.2, 0) is 6.18 Å². The predicted octanol–water partition coefficient (Wildman–Crippen LogP) is 5.89. The number of carbonyl (C=O) groups excluding carboxylic acids is 2. The minimum atomic E-state index is -4.37. The number of carbonyl (C=O) groups is 2. The van der Waals surface area contributed by atoms with Crippen LogP contribution in [0.5, 0.6) is 5.75 Å². The zero-order chi connectivity index (χ0) is 23.9. The van der Waals surface area contributed by atoms with Crippen LogP contribution in [0.2, 0.25) is 0 Å². The van der Waals surface area contributed by atoms with Gasteiger partial charge in [0.05, 0.1) is 17.7 Å². The maximum absolute atomic E-state index is 13.4. The van der Waals surface area contributed by atoms with Gasteiger partial charge in [-0.2, -0.15) is 13.2 Å². The number of nitrogens with zero attached hydrogens (tertiary/aromatic N) is 1. The number of hydrogen-bond donors (Lipinski definition) is 0. The van der Waals surface area contributed by atoms with Crippen molar-refractivity contribution in [1.82, 2.24) is 4.90 Å². The molecule has 1 unspecified atom stereocenters. The fourth-order valence-corrected chi connectivity index (χ4v) is 4.98. The molecule has 1 saturated heterocycles. The van der Waals surface area contributed by atoms with Crippen LogP contribution in [0.25, 0.3) is 10.8 Å². The number of ether oxygens (including phenoxy) is 1. The van der Waals surface area contributed by atoms with Crippen LogP contribution in [0.4, 0.5) is 13.2 Å². The van der Waals surface area contributed by atoms with Crippen LogP contribution in [0, 0.1) is 0 Å². The Bertz CT molecular complexity index is 1270. The third kappa shape index (κ3) is 4.44. The van der Waals surface area contributed by atoms with Crippen molar-refractivity contribution in [3.63, 3.8) is 0 Å². The molecule has 0 N–H and O–H groups in total. The summed E-state index contributed by atoms with van der Waals surface area (Å²) in [5, 5.41) is 1.71. The standard InChI is InChI=1S/C27H24F3NO3/c28-27(29,30)23-4-2-1-3-21(23)19-7-10-31(16-19)11-8-24(32)18-6-5-17-14-22-25(33)9-12-34-26(22)15-20(17)13-18/h1-6,13-15,19H,7-12,16H2. The fraction of sp³-hybridized carbons (Fsp3) is 0.333. The van der Waals surface area contributed by atoms with Crippen LogP contribution in [0.1, 0.15) is 57.0 Å². The van der Waals surface area contributed by atoms with Gasteiger partial charge in [0.2, 0.25) is 0 Å². The third-order valence-corrected chi connectivity index (χ3v) is 6.78. The van der Waals surface area contributed by atoms with Gasteiger partial charge in [-0.25, -0.2) is 0 Å². The summed E-state index contributed by atoms with van der Waals surface area (Å²) in [6.07, 6.45) is -3.07. The summed E-state index contributed by atoms with van der Waals surface area (Å²) in [4.78, 5) is 27.0. The largest absolute Gasteiger partial charge is 0.492 e. The molecule has 1 atom stereocenters. The third-order valence-electron chi connectivity index (χ3n) is 6.78. The van der Waals surface area contributed by atoms with E-state index in [1.54, 1.807) is 18.2 Å². The molecule has 176 valence electrons. The SMILES string of the molecule is O=C(CCN1CCC(c2ccccc2C(F)(F)F)C1)c1ccc2cc3c(cc2c1)OCCC3=O. The number of hydrogen-bond acceptors (Lipinski definition) is 4. The number of fused-ring (bicyclic) bond motifs is 2. The first-order chi connectivity index (χ1) is 16.3. The molecule has 0 radical (unpaired) electrons. The molecule has 2 aliphatic rings. The number of ketones is 2. The molecule has 0 spiro atoms. The molecule has 5 rings (SSSR count). The maximum Gasteiger partial charge on any atom is 0.416 e. The van der Waals surface area contributed by atoms with Crippen molar-refractivity contribution in [3.8, 4) is 5.75 Å². The average Bonchev–Trinajstić information content (AvgIpc) is 3.30. The van der Waals surface area contributed by atoms with E-state index in [2.05, 4.69) is 4.90 Å². The van der Waals surface area contributed by atoms with Crippen molar-refractivity contribution >= 4 is 22.3 Å². The normalized spacial score (nSPS) is 18.7. The first-order valence-corrected chi connectivity index (χ1v) is 11.4. The van der Waals surface area contributed by atoms with E-state index in [0.717, 1.165) is 16.8 Å². The number of Topliss-reactive ketones (excluding diaryl/α,β-unsaturated/α-hetero) is 2. The molecule has 7 heteroatoms. The number of benzene rings is 3. The molecule has 0 bridgehead atoms. The lowest BCUT2D eigenvalue weighted by Gasteiger charge is -2.19. The van der Waals surface area contributed by atoms with Gasteiger partial charge in [0.1, 0.15) is 5.75 Å². The number of likely N-dealkylation sites (tertiary alicyclic amines) is 1. The first kappa shape index (κ1) is 22.6. The van der Waals surface area contributed by atoms with E-state index in [1.807, 2.05) is 24.3 Å². The lowest BCUT2D eigenvalue weighted by Crippen LogP contribution is -2.24. The Labute approximate surface area is 195 Å². The zero-order valence-corrected chi connectivity index (χ0v) is 18.5. The van der Waals surface area contributed by atoms with Crippen LogP contribution >= 0.6 is 0 Å². The van der Waals surface area contributed by atoms with E-state index >= 15 is 0 Å². The van der Waals surface area contributed by atoms with Crippen molar-refractivity contribution < 1.29 is 27.5 Å². The molecule has 2 heterocycles. The number of rotatable bonds is 5. The topological polar surface area (TPSA) is 46.6 Å². The lowest BCUT2D eigenvalue weighted by molar-refractivity contribution is -0.138. The van der Waals surface area contributed by atoms with Crippen LogP contribution in [0.15, 0.2) is 54.6 Å². The summed E-state index contributed by atoms with van der Waals surface area (Å²) < 4.78 is 45.8. The summed E-state index contributed by atoms with van der Waals surface area (Å²) in [6, 6.07) is 14.8. The molecule has 34 heavy (non-hydrogen) atoms. The van der Waals surface area contributed by atoms with Gasteiger partial charge in [0.25, 0.3) is 0 Å². The van der Waals surface area contributed by atoms with E-state index in [4.69, 9.17) is 4.74 Å². The minimum Gasteiger partial charge on any atom is -0.492 e. The Morgan fingerprint density at radius 2 is 1.88 bits per heavy atom. The van der Waals surface area contributed by atoms with Gasteiger partial charge in [-0.3, -0.25) is 9.59 Å². The second-order valence-corrected chi connectivity index (χ2v) is 8.98. The van der Waals surface area contributed by atoms with Gasteiger partial charge in [0, 0.05) is 31.5 Å². The van der Waals surface area contributed by atoms with E-state index in [0.29, 0.717) is 67.9 Å². The molecular formula is C27H24F3NO3. The van der Waals surface area contributed by atoms with Crippen LogP contribution in [0.3, 0.4) is 0 Å². The first-order valence-electron chi connectivity index (χ1n) is 11.4. The summed E-state index contributed by atoms with van der Waals surface area (Å²) in [5.41, 5.74) is 0.922. The quantitative estimate of drug-likeness (QED) is 0.439. The van der Waals surface area contributed by atoms with E-state index in [1.165, 1.54) is 6.07 Å². The highest BCUT2D eigenvalue weighted by atomic mass is 19.4. The van der Waals surface area contributed by atoms with E-state index in [-0.39, 0.29) is 17.5 Å². The van der Waals surface area contributed by atoms with Crippen LogP contribution in [-0.4, -0.2) is 42.7 Å². The molecule has 3 aromatic carbocycles. The van der Waals surface area contributed by atoms with Gasteiger partial charge in [-0.1, -0.05) is 30.3 Å². The summed E-state index contributed by atoms with van der Waals surface area (Å²) in [5.74, 6) is 0.402. The van der Waals surface area contributed by atoms with Crippen molar-refractivity contribution in [2.24, 2.45) is 0 Å². The van der Waals surface area contributed by atoms with Gasteiger partial charge >= 0.3 is 6.18 Å². The molecule has 0 aliphatic carbocycles. The van der Waals surface area contributed by atoms with Crippen molar-refractivity contribution in [1.29, 1.82) is 0 Å². The molecule has 0 aromatic heterocycles. The smallest absolute Gasteiger partial charge is 0.416 e. The lowest BCUT2D eigenvalue weighted by atomic mass is 9.93. The van der Waals surface area contributed by atoms with E-state index < -0.39 is 11.7 Å². The molecule has 3 aromatic rings. The van der Waals surface area contributed by atoms with Gasteiger partial charge < -0.3 is 9.64 Å². The Morgan fingerprint density at radius 1 is 1.06 bits per heavy atom. The molecule has 2 aliphatic heterocycles. The molecule has 0 saturated carbocycles. The van der Waals surface area contributed by atoms with Gasteiger partial charge in [-0.05, 0) is 59.5 Å². The Kier molecular flexibility index (Phi) is 5.90. The number of alkyl halides is 3. The highest BCUT2D eigenvalue weighted by Gasteiger charge is 2.36. The zero-order valence-electron chi connectivity index (χ0n) is 18.5. The molecular weight excluding hydrogens is 443 g/mol. The predicted molar refractivity (Wildman–Crippen MR) is 123 cm³/mol. The average molecular weight is 467 g/mol. The number of halogens is 3. The molecule has 4 nitrogen and oxygen atoms in total. The van der Waals surface area contributed by atoms with Crippen LogP contribution < -0.4 is 4.74 Å². The molecule has 1 fully saturated rings. The van der Waals surface area contributed by atoms with Crippen molar-refractivity contribution in [2.75, 3.05) is 26.2 Å². The molecule has 0 amide bonds. The highest BCUT2D eigenvalue weighted by Crippen LogP contribution is 2.38. The summed E-state index contributed by atoms with van der Waals surface area (Å²) in [7, 11) is 0. The fourth-order valence-electron chi connectivity index (χ4n) is 4.98. The second-order valence-electron chi connectivity index (χ2n) is 8.98. The summed E-state index contributed by atoms with van der Waals surface area (Å²) >= 11 is 0. The highest BCUT2D eigenvalue weighted by molar-refractivity contribution is 6.05. The Balaban J connectivity index is 1.25. The second kappa shape index (κ2) is 8.87. The maximum atomic E-state index is 13.4.